The van der Waals surface area contributed by atoms with Crippen LogP contribution in [0.25, 0.3) is 10.9 Å². The van der Waals surface area contributed by atoms with Crippen LogP contribution in [0.15, 0.2) is 54.7 Å². The van der Waals surface area contributed by atoms with Gasteiger partial charge in [0, 0.05) is 23.8 Å². The van der Waals surface area contributed by atoms with E-state index in [1.807, 2.05) is 24.4 Å². The summed E-state index contributed by atoms with van der Waals surface area (Å²) in [5.41, 5.74) is 2.93. The zero-order chi connectivity index (χ0) is 16.2. The van der Waals surface area contributed by atoms with Crippen LogP contribution in [0, 0.1) is 0 Å². The van der Waals surface area contributed by atoms with Crippen LogP contribution in [0.1, 0.15) is 26.3 Å². The summed E-state index contributed by atoms with van der Waals surface area (Å²) in [6.45, 7) is 0.392. The average Bonchev–Trinajstić information content (AvgIpc) is 3.07. The maximum absolute atomic E-state index is 12.2. The molecule has 3 rings (SSSR count). The lowest BCUT2D eigenvalue weighted by molar-refractivity contribution is 0.0600. The highest BCUT2D eigenvalue weighted by Crippen LogP contribution is 2.14. The smallest absolute Gasteiger partial charge is 0.337 e. The fourth-order valence-electron chi connectivity index (χ4n) is 2.35. The number of rotatable bonds is 4. The first-order chi connectivity index (χ1) is 11.2. The van der Waals surface area contributed by atoms with Crippen LogP contribution in [0.3, 0.4) is 0 Å². The SMILES string of the molecule is COC(=O)c1ccc(CNC(=O)c2ccc3cc[nH]c3c2)cc1. The van der Waals surface area contributed by atoms with Crippen LogP contribution in [-0.2, 0) is 11.3 Å². The molecule has 0 spiro atoms. The number of carbonyl (C=O) groups excluding carboxylic acids is 2. The maximum atomic E-state index is 12.2. The van der Waals surface area contributed by atoms with E-state index in [4.69, 9.17) is 0 Å². The van der Waals surface area contributed by atoms with Crippen LogP contribution in [0.2, 0.25) is 0 Å². The first kappa shape index (κ1) is 14.8. The third kappa shape index (κ3) is 3.23. The van der Waals surface area contributed by atoms with Crippen molar-refractivity contribution in [2.24, 2.45) is 0 Å². The molecule has 0 unspecified atom stereocenters. The molecular weight excluding hydrogens is 292 g/mol. The molecule has 0 aliphatic heterocycles. The van der Waals surface area contributed by atoms with Gasteiger partial charge < -0.3 is 15.0 Å². The number of ether oxygens (including phenoxy) is 1. The molecule has 0 aliphatic carbocycles. The van der Waals surface area contributed by atoms with Gasteiger partial charge in [0.2, 0.25) is 0 Å². The molecule has 5 nitrogen and oxygen atoms in total. The summed E-state index contributed by atoms with van der Waals surface area (Å²) in [6, 6.07) is 14.4. The number of aromatic nitrogens is 1. The second-order valence-corrected chi connectivity index (χ2v) is 5.15. The van der Waals surface area contributed by atoms with Crippen LogP contribution < -0.4 is 5.32 Å². The standard InChI is InChI=1S/C18H16N2O3/c1-23-18(22)14-4-2-12(3-5-14)11-20-17(21)15-7-6-13-8-9-19-16(13)10-15/h2-10,19H,11H2,1H3,(H,20,21). The van der Waals surface area contributed by atoms with Crippen molar-refractivity contribution in [3.05, 3.63) is 71.4 Å². The lowest BCUT2D eigenvalue weighted by atomic mass is 10.1. The molecule has 2 N–H and O–H groups in total. The quantitative estimate of drug-likeness (QED) is 0.728. The minimum atomic E-state index is -0.375. The summed E-state index contributed by atoms with van der Waals surface area (Å²) >= 11 is 0. The molecule has 1 aromatic heterocycles. The number of methoxy groups -OCH3 is 1. The van der Waals surface area contributed by atoms with Crippen LogP contribution in [-0.4, -0.2) is 24.0 Å². The molecule has 0 atom stereocenters. The summed E-state index contributed by atoms with van der Waals surface area (Å²) in [7, 11) is 1.34. The molecule has 0 radical (unpaired) electrons. The summed E-state index contributed by atoms with van der Waals surface area (Å²) in [6.07, 6.45) is 1.84. The summed E-state index contributed by atoms with van der Waals surface area (Å²) in [5, 5.41) is 3.94. The Labute approximate surface area is 133 Å². The van der Waals surface area contributed by atoms with Gasteiger partial charge in [0.25, 0.3) is 5.91 Å². The van der Waals surface area contributed by atoms with Gasteiger partial charge in [-0.1, -0.05) is 18.2 Å². The Morgan fingerprint density at radius 3 is 2.52 bits per heavy atom. The van der Waals surface area contributed by atoms with Gasteiger partial charge in [-0.05, 0) is 41.3 Å². The topological polar surface area (TPSA) is 71.2 Å². The highest BCUT2D eigenvalue weighted by molar-refractivity contribution is 5.97. The highest BCUT2D eigenvalue weighted by Gasteiger charge is 2.08. The molecule has 23 heavy (non-hydrogen) atoms. The Kier molecular flexibility index (Phi) is 4.10. The summed E-state index contributed by atoms with van der Waals surface area (Å²) in [5.74, 6) is -0.515. The fraction of sp³-hybridized carbons (Fsp3) is 0.111. The summed E-state index contributed by atoms with van der Waals surface area (Å²) < 4.78 is 4.65. The first-order valence-electron chi connectivity index (χ1n) is 7.20. The molecular formula is C18H16N2O3. The third-order valence-electron chi connectivity index (χ3n) is 3.65. The van der Waals surface area contributed by atoms with Crippen molar-refractivity contribution < 1.29 is 14.3 Å². The van der Waals surface area contributed by atoms with Crippen molar-refractivity contribution >= 4 is 22.8 Å². The zero-order valence-electron chi connectivity index (χ0n) is 12.6. The number of esters is 1. The second-order valence-electron chi connectivity index (χ2n) is 5.15. The molecule has 0 saturated carbocycles. The first-order valence-corrected chi connectivity index (χ1v) is 7.20. The van der Waals surface area contributed by atoms with E-state index in [9.17, 15) is 9.59 Å². The number of hydrogen-bond donors (Lipinski definition) is 2. The van der Waals surface area contributed by atoms with Crippen molar-refractivity contribution in [3.63, 3.8) is 0 Å². The van der Waals surface area contributed by atoms with Crippen LogP contribution in [0.5, 0.6) is 0 Å². The van der Waals surface area contributed by atoms with E-state index in [0.29, 0.717) is 17.7 Å². The van der Waals surface area contributed by atoms with Crippen molar-refractivity contribution in [3.8, 4) is 0 Å². The Balaban J connectivity index is 1.65. The largest absolute Gasteiger partial charge is 0.465 e. The van der Waals surface area contributed by atoms with E-state index in [-0.39, 0.29) is 11.9 Å². The van der Waals surface area contributed by atoms with Crippen molar-refractivity contribution in [2.75, 3.05) is 7.11 Å². The predicted octanol–water partition coefficient (Wildman–Crippen LogP) is 2.88. The molecule has 2 aromatic carbocycles. The number of benzene rings is 2. The maximum Gasteiger partial charge on any atom is 0.337 e. The Hall–Kier alpha value is -3.08. The van der Waals surface area contributed by atoms with Gasteiger partial charge >= 0.3 is 5.97 Å². The van der Waals surface area contributed by atoms with Gasteiger partial charge in [-0.25, -0.2) is 4.79 Å². The van der Waals surface area contributed by atoms with Gasteiger partial charge in [0.05, 0.1) is 12.7 Å². The predicted molar refractivity (Wildman–Crippen MR) is 87.3 cm³/mol. The molecule has 0 saturated heterocycles. The van der Waals surface area contributed by atoms with E-state index in [1.165, 1.54) is 7.11 Å². The van der Waals surface area contributed by atoms with Gasteiger partial charge in [0.15, 0.2) is 0 Å². The molecule has 1 heterocycles. The number of amides is 1. The molecule has 1 amide bonds. The number of nitrogens with one attached hydrogen (secondary N) is 2. The zero-order valence-corrected chi connectivity index (χ0v) is 12.6. The van der Waals surface area contributed by atoms with Crippen molar-refractivity contribution in [1.82, 2.24) is 10.3 Å². The Bertz CT molecular complexity index is 850. The molecule has 116 valence electrons. The normalized spacial score (nSPS) is 10.5. The minimum absolute atomic E-state index is 0.140. The second kappa shape index (κ2) is 6.36. The van der Waals surface area contributed by atoms with Gasteiger partial charge in [-0.2, -0.15) is 0 Å². The number of carbonyl (C=O) groups is 2. The van der Waals surface area contributed by atoms with Crippen molar-refractivity contribution in [2.45, 2.75) is 6.54 Å². The van der Waals surface area contributed by atoms with E-state index in [1.54, 1.807) is 30.3 Å². The van der Waals surface area contributed by atoms with Crippen molar-refractivity contribution in [1.29, 1.82) is 0 Å². The van der Waals surface area contributed by atoms with Gasteiger partial charge in [-0.3, -0.25) is 4.79 Å². The highest BCUT2D eigenvalue weighted by atomic mass is 16.5. The van der Waals surface area contributed by atoms with Crippen LogP contribution in [0.4, 0.5) is 0 Å². The molecule has 0 bridgehead atoms. The molecule has 0 fully saturated rings. The molecule has 5 heteroatoms. The van der Waals surface area contributed by atoms with Crippen LogP contribution >= 0.6 is 0 Å². The average molecular weight is 308 g/mol. The molecule has 0 aliphatic rings. The summed E-state index contributed by atoms with van der Waals surface area (Å²) in [4.78, 5) is 26.7. The van der Waals surface area contributed by atoms with E-state index >= 15 is 0 Å². The fourth-order valence-corrected chi connectivity index (χ4v) is 2.35. The number of hydrogen-bond acceptors (Lipinski definition) is 3. The monoisotopic (exact) mass is 308 g/mol. The van der Waals surface area contributed by atoms with E-state index in [2.05, 4.69) is 15.0 Å². The molecule has 3 aromatic rings. The Morgan fingerprint density at radius 2 is 1.78 bits per heavy atom. The van der Waals surface area contributed by atoms with E-state index in [0.717, 1.165) is 16.5 Å². The number of fused-ring (bicyclic) bond motifs is 1. The lowest BCUT2D eigenvalue weighted by Crippen LogP contribution is -2.22. The van der Waals surface area contributed by atoms with Gasteiger partial charge in [0.1, 0.15) is 0 Å². The number of H-pyrrole nitrogens is 1. The van der Waals surface area contributed by atoms with Gasteiger partial charge in [-0.15, -0.1) is 0 Å². The third-order valence-corrected chi connectivity index (χ3v) is 3.65. The minimum Gasteiger partial charge on any atom is -0.465 e. The number of aromatic amines is 1. The Morgan fingerprint density at radius 1 is 1.04 bits per heavy atom. The van der Waals surface area contributed by atoms with E-state index < -0.39 is 0 Å². The lowest BCUT2D eigenvalue weighted by Gasteiger charge is -2.06.